The lowest BCUT2D eigenvalue weighted by Gasteiger charge is -2.34. The van der Waals surface area contributed by atoms with Gasteiger partial charge in [-0.15, -0.1) is 0 Å². The number of nitrogens with zero attached hydrogens (tertiary/aromatic N) is 5. The van der Waals surface area contributed by atoms with Crippen molar-refractivity contribution in [3.8, 4) is 5.69 Å². The highest BCUT2D eigenvalue weighted by atomic mass is 35.5. The summed E-state index contributed by atoms with van der Waals surface area (Å²) in [4.78, 5) is 21.7. The third-order valence-electron chi connectivity index (χ3n) is 5.15. The topological polar surface area (TPSA) is 54.3 Å². The highest BCUT2D eigenvalue weighted by molar-refractivity contribution is 6.38. The van der Waals surface area contributed by atoms with Crippen LogP contribution >= 0.6 is 11.6 Å². The van der Waals surface area contributed by atoms with Crippen LogP contribution in [0.2, 0.25) is 5.02 Å². The van der Waals surface area contributed by atoms with Gasteiger partial charge in [0.1, 0.15) is 0 Å². The van der Waals surface area contributed by atoms with Gasteiger partial charge in [-0.25, -0.2) is 9.67 Å². The fourth-order valence-electron chi connectivity index (χ4n) is 3.54. The monoisotopic (exact) mass is 383 g/mol. The van der Waals surface area contributed by atoms with E-state index in [4.69, 9.17) is 11.6 Å². The van der Waals surface area contributed by atoms with Crippen molar-refractivity contribution in [2.24, 2.45) is 0 Å². The lowest BCUT2D eigenvalue weighted by atomic mass is 10.1. The van der Waals surface area contributed by atoms with Crippen LogP contribution < -0.4 is 0 Å². The summed E-state index contributed by atoms with van der Waals surface area (Å²) in [5, 5.41) is 5.76. The van der Waals surface area contributed by atoms with Gasteiger partial charge in [0.25, 0.3) is 5.91 Å². The molecule has 6 nitrogen and oxygen atoms in total. The lowest BCUT2D eigenvalue weighted by molar-refractivity contribution is 0.0643. The van der Waals surface area contributed by atoms with E-state index < -0.39 is 0 Å². The molecule has 2 aromatic heterocycles. The Hall–Kier alpha value is -2.44. The summed E-state index contributed by atoms with van der Waals surface area (Å²) in [6.07, 6.45) is 1.58. The summed E-state index contributed by atoms with van der Waals surface area (Å²) >= 11 is 6.67. The van der Waals surface area contributed by atoms with Crippen LogP contribution in [0.15, 0.2) is 36.5 Å². The molecular formula is C20H22ClN5O. The maximum Gasteiger partial charge on any atom is 0.257 e. The summed E-state index contributed by atoms with van der Waals surface area (Å²) in [5.41, 5.74) is 2.78. The number of para-hydroxylation sites is 1. The van der Waals surface area contributed by atoms with Crippen LogP contribution in [0.4, 0.5) is 0 Å². The molecule has 0 spiro atoms. The molecule has 0 N–H and O–H groups in total. The summed E-state index contributed by atoms with van der Waals surface area (Å²) in [7, 11) is 0. The third kappa shape index (κ3) is 3.19. The molecule has 7 heteroatoms. The quantitative estimate of drug-likeness (QED) is 0.697. The predicted molar refractivity (Wildman–Crippen MR) is 107 cm³/mol. The van der Waals surface area contributed by atoms with Gasteiger partial charge in [0.15, 0.2) is 5.65 Å². The highest BCUT2D eigenvalue weighted by Gasteiger charge is 2.25. The van der Waals surface area contributed by atoms with E-state index in [0.717, 1.165) is 36.4 Å². The number of hydrogen-bond donors (Lipinski definition) is 0. The Balaban J connectivity index is 1.71. The van der Waals surface area contributed by atoms with Gasteiger partial charge in [0.05, 0.1) is 27.4 Å². The van der Waals surface area contributed by atoms with Gasteiger partial charge in [0, 0.05) is 32.4 Å². The van der Waals surface area contributed by atoms with Crippen molar-refractivity contribution < 1.29 is 4.79 Å². The molecule has 1 aliphatic heterocycles. The summed E-state index contributed by atoms with van der Waals surface area (Å²) in [6.45, 7) is 8.24. The highest BCUT2D eigenvalue weighted by Crippen LogP contribution is 2.30. The minimum atomic E-state index is -0.0583. The number of piperazine rings is 1. The SMILES string of the molecule is CCN1CCN(C(=O)c2cnc3c(c(C)nn3-c3ccccc3)c2Cl)CC1. The Bertz CT molecular complexity index is 977. The summed E-state index contributed by atoms with van der Waals surface area (Å²) in [6, 6.07) is 9.79. The Morgan fingerprint density at radius 2 is 1.85 bits per heavy atom. The molecule has 3 aromatic rings. The number of fused-ring (bicyclic) bond motifs is 1. The molecule has 1 aliphatic rings. The third-order valence-corrected chi connectivity index (χ3v) is 5.54. The van der Waals surface area contributed by atoms with E-state index >= 15 is 0 Å². The van der Waals surface area contributed by atoms with Crippen molar-refractivity contribution >= 4 is 28.5 Å². The molecule has 1 saturated heterocycles. The minimum absolute atomic E-state index is 0.0583. The van der Waals surface area contributed by atoms with Gasteiger partial charge in [-0.3, -0.25) is 4.79 Å². The maximum absolute atomic E-state index is 13.0. The van der Waals surface area contributed by atoms with Crippen LogP contribution in [-0.2, 0) is 0 Å². The molecule has 0 unspecified atom stereocenters. The first-order valence-corrected chi connectivity index (χ1v) is 9.58. The van der Waals surface area contributed by atoms with Crippen molar-refractivity contribution in [2.75, 3.05) is 32.7 Å². The Morgan fingerprint density at radius 3 is 2.52 bits per heavy atom. The van der Waals surface area contributed by atoms with E-state index in [2.05, 4.69) is 21.9 Å². The van der Waals surface area contributed by atoms with E-state index in [1.807, 2.05) is 42.2 Å². The first-order valence-electron chi connectivity index (χ1n) is 9.21. The number of amides is 1. The van der Waals surface area contributed by atoms with Gasteiger partial charge < -0.3 is 9.80 Å². The molecule has 1 amide bonds. The van der Waals surface area contributed by atoms with Gasteiger partial charge in [-0.1, -0.05) is 36.7 Å². The van der Waals surface area contributed by atoms with Crippen molar-refractivity contribution in [1.82, 2.24) is 24.6 Å². The van der Waals surface area contributed by atoms with Crippen molar-refractivity contribution in [3.63, 3.8) is 0 Å². The Labute approximate surface area is 163 Å². The largest absolute Gasteiger partial charge is 0.336 e. The van der Waals surface area contributed by atoms with E-state index in [1.165, 1.54) is 0 Å². The Morgan fingerprint density at radius 1 is 1.15 bits per heavy atom. The van der Waals surface area contributed by atoms with Crippen LogP contribution in [0.5, 0.6) is 0 Å². The molecule has 0 saturated carbocycles. The lowest BCUT2D eigenvalue weighted by Crippen LogP contribution is -2.48. The van der Waals surface area contributed by atoms with Crippen LogP contribution in [0, 0.1) is 6.92 Å². The molecule has 0 aliphatic carbocycles. The first kappa shape index (κ1) is 17.9. The number of carbonyl (C=O) groups is 1. The van der Waals surface area contributed by atoms with Gasteiger partial charge in [-0.05, 0) is 25.6 Å². The molecule has 0 radical (unpaired) electrons. The molecule has 0 atom stereocenters. The summed E-state index contributed by atoms with van der Waals surface area (Å²) in [5.74, 6) is -0.0583. The molecule has 1 aromatic carbocycles. The van der Waals surface area contributed by atoms with Gasteiger partial charge in [-0.2, -0.15) is 5.10 Å². The number of carbonyl (C=O) groups excluding carboxylic acids is 1. The van der Waals surface area contributed by atoms with Crippen molar-refractivity contribution in [3.05, 3.63) is 52.8 Å². The van der Waals surface area contributed by atoms with Crippen LogP contribution in [0.3, 0.4) is 0 Å². The van der Waals surface area contributed by atoms with Crippen LogP contribution in [-0.4, -0.2) is 63.2 Å². The smallest absolute Gasteiger partial charge is 0.257 e. The fraction of sp³-hybridized carbons (Fsp3) is 0.350. The van der Waals surface area contributed by atoms with E-state index in [9.17, 15) is 4.79 Å². The van der Waals surface area contributed by atoms with Gasteiger partial charge >= 0.3 is 0 Å². The molecule has 0 bridgehead atoms. The zero-order chi connectivity index (χ0) is 19.0. The second kappa shape index (κ2) is 7.29. The van der Waals surface area contributed by atoms with E-state index in [0.29, 0.717) is 29.3 Å². The van der Waals surface area contributed by atoms with Crippen LogP contribution in [0.1, 0.15) is 23.0 Å². The molecule has 27 heavy (non-hydrogen) atoms. The second-order valence-electron chi connectivity index (χ2n) is 6.74. The maximum atomic E-state index is 13.0. The molecule has 3 heterocycles. The first-order chi connectivity index (χ1) is 13.1. The van der Waals surface area contributed by atoms with E-state index in [-0.39, 0.29) is 5.91 Å². The number of benzene rings is 1. The number of pyridine rings is 1. The molecule has 140 valence electrons. The zero-order valence-corrected chi connectivity index (χ0v) is 16.3. The normalized spacial score (nSPS) is 15.4. The van der Waals surface area contributed by atoms with Crippen LogP contribution in [0.25, 0.3) is 16.7 Å². The average Bonchev–Trinajstić information content (AvgIpc) is 3.06. The fourth-order valence-corrected chi connectivity index (χ4v) is 3.90. The molecule has 4 rings (SSSR count). The molecular weight excluding hydrogens is 362 g/mol. The van der Waals surface area contributed by atoms with Crippen molar-refractivity contribution in [2.45, 2.75) is 13.8 Å². The zero-order valence-electron chi connectivity index (χ0n) is 15.5. The van der Waals surface area contributed by atoms with Gasteiger partial charge in [0.2, 0.25) is 0 Å². The summed E-state index contributed by atoms with van der Waals surface area (Å²) < 4.78 is 1.77. The average molecular weight is 384 g/mol. The standard InChI is InChI=1S/C20H22ClN5O/c1-3-24-9-11-25(12-10-24)20(27)16-13-22-19-17(18(16)21)14(2)23-26(19)15-7-5-4-6-8-15/h4-8,13H,3,9-12H2,1-2H3. The number of halogens is 1. The van der Waals surface area contributed by atoms with E-state index in [1.54, 1.807) is 10.9 Å². The molecule has 1 fully saturated rings. The predicted octanol–water partition coefficient (Wildman–Crippen LogP) is 3.16. The number of aryl methyl sites for hydroxylation is 1. The second-order valence-corrected chi connectivity index (χ2v) is 7.12. The Kier molecular flexibility index (Phi) is 4.85. The number of rotatable bonds is 3. The van der Waals surface area contributed by atoms with Crippen molar-refractivity contribution in [1.29, 1.82) is 0 Å². The number of likely N-dealkylation sites (N-methyl/N-ethyl adjacent to an activating group) is 1. The number of aromatic nitrogens is 3. The minimum Gasteiger partial charge on any atom is -0.336 e. The number of hydrogen-bond acceptors (Lipinski definition) is 4.